The summed E-state index contributed by atoms with van der Waals surface area (Å²) in [6.07, 6.45) is 0.999. The highest BCUT2D eigenvalue weighted by molar-refractivity contribution is 6.90. The second kappa shape index (κ2) is 4.18. The van der Waals surface area contributed by atoms with Crippen molar-refractivity contribution in [3.05, 3.63) is 30.3 Å². The number of rotatable bonds is 3. The van der Waals surface area contributed by atoms with E-state index in [1.165, 1.54) is 5.19 Å². The van der Waals surface area contributed by atoms with E-state index in [4.69, 9.17) is 9.47 Å². The van der Waals surface area contributed by atoms with E-state index in [1.54, 1.807) is 0 Å². The fourth-order valence-corrected chi connectivity index (χ4v) is 7.54. The maximum Gasteiger partial charge on any atom is 0.167 e. The predicted octanol–water partition coefficient (Wildman–Crippen LogP) is 3.53. The molecule has 3 heteroatoms. The van der Waals surface area contributed by atoms with Gasteiger partial charge < -0.3 is 9.47 Å². The van der Waals surface area contributed by atoms with Gasteiger partial charge in [-0.2, -0.15) is 0 Å². The van der Waals surface area contributed by atoms with Crippen LogP contribution in [-0.4, -0.2) is 26.1 Å². The van der Waals surface area contributed by atoms with Crippen LogP contribution in [0.1, 0.15) is 27.2 Å². The second-order valence-electron chi connectivity index (χ2n) is 8.01. The van der Waals surface area contributed by atoms with Gasteiger partial charge in [0.2, 0.25) is 0 Å². The van der Waals surface area contributed by atoms with Gasteiger partial charge in [0.15, 0.2) is 5.79 Å². The largest absolute Gasteiger partial charge is 0.347 e. The third-order valence-corrected chi connectivity index (χ3v) is 8.65. The molecule has 1 aromatic rings. The Morgan fingerprint density at radius 3 is 2.25 bits per heavy atom. The Bertz CT molecular complexity index is 511. The van der Waals surface area contributed by atoms with Gasteiger partial charge in [-0.1, -0.05) is 62.5 Å². The van der Waals surface area contributed by atoms with Crippen LogP contribution >= 0.6 is 0 Å². The summed E-state index contributed by atoms with van der Waals surface area (Å²) in [5, 5.41) is 1.51. The van der Waals surface area contributed by atoms with E-state index in [0.717, 1.165) is 19.1 Å². The minimum atomic E-state index is -1.54. The first-order valence-electron chi connectivity index (χ1n) is 7.58. The molecule has 0 amide bonds. The lowest BCUT2D eigenvalue weighted by molar-refractivity contribution is -0.136. The smallest absolute Gasteiger partial charge is 0.167 e. The molecule has 1 aromatic carbocycles. The average molecular weight is 290 g/mol. The molecule has 0 aromatic heterocycles. The van der Waals surface area contributed by atoms with E-state index < -0.39 is 8.07 Å². The van der Waals surface area contributed by atoms with Crippen molar-refractivity contribution in [2.45, 2.75) is 57.7 Å². The molecule has 0 radical (unpaired) electrons. The summed E-state index contributed by atoms with van der Waals surface area (Å²) in [4.78, 5) is 0. The highest BCUT2D eigenvalue weighted by Gasteiger charge is 2.65. The van der Waals surface area contributed by atoms with Crippen molar-refractivity contribution in [2.24, 2.45) is 5.41 Å². The Labute approximate surface area is 123 Å². The highest BCUT2D eigenvalue weighted by Crippen LogP contribution is 2.59. The molecule has 2 saturated heterocycles. The minimum absolute atomic E-state index is 0.104. The summed E-state index contributed by atoms with van der Waals surface area (Å²) < 4.78 is 12.4. The van der Waals surface area contributed by atoms with Crippen molar-refractivity contribution in [1.29, 1.82) is 0 Å². The van der Waals surface area contributed by atoms with Crippen LogP contribution in [0.5, 0.6) is 0 Å². The van der Waals surface area contributed by atoms with Crippen molar-refractivity contribution in [3.8, 4) is 0 Å². The Morgan fingerprint density at radius 1 is 1.10 bits per heavy atom. The molecule has 2 aliphatic rings. The van der Waals surface area contributed by atoms with Crippen molar-refractivity contribution in [1.82, 2.24) is 0 Å². The van der Waals surface area contributed by atoms with Crippen LogP contribution in [0.2, 0.25) is 19.1 Å². The highest BCUT2D eigenvalue weighted by atomic mass is 28.3. The fourth-order valence-electron chi connectivity index (χ4n) is 4.16. The summed E-state index contributed by atoms with van der Waals surface area (Å²) in [5.74, 6) is -0.356. The van der Waals surface area contributed by atoms with E-state index in [0.29, 0.717) is 0 Å². The molecule has 0 N–H and O–H groups in total. The minimum Gasteiger partial charge on any atom is -0.347 e. The lowest BCUT2D eigenvalue weighted by atomic mass is 9.73. The fraction of sp³-hybridized carbons (Fsp3) is 0.647. The molecule has 20 heavy (non-hydrogen) atoms. The summed E-state index contributed by atoms with van der Waals surface area (Å²) in [6, 6.07) is 12.1. The second-order valence-corrected chi connectivity index (χ2v) is 12.7. The van der Waals surface area contributed by atoms with E-state index in [1.807, 2.05) is 0 Å². The monoisotopic (exact) mass is 290 g/mol. The van der Waals surface area contributed by atoms with Crippen molar-refractivity contribution in [3.63, 3.8) is 0 Å². The van der Waals surface area contributed by atoms with E-state index >= 15 is 0 Å². The molecule has 0 aliphatic carbocycles. The van der Waals surface area contributed by atoms with Gasteiger partial charge in [0, 0.05) is 11.8 Å². The van der Waals surface area contributed by atoms with Crippen LogP contribution in [0.3, 0.4) is 0 Å². The number of benzene rings is 1. The lowest BCUT2D eigenvalue weighted by Crippen LogP contribution is -2.54. The van der Waals surface area contributed by atoms with E-state index in [2.05, 4.69) is 64.2 Å². The molecular formula is C17H26O2Si. The van der Waals surface area contributed by atoms with Gasteiger partial charge in [0.25, 0.3) is 0 Å². The molecular weight excluding hydrogens is 264 g/mol. The molecule has 2 heterocycles. The zero-order valence-corrected chi connectivity index (χ0v) is 14.3. The van der Waals surface area contributed by atoms with Crippen LogP contribution < -0.4 is 5.19 Å². The summed E-state index contributed by atoms with van der Waals surface area (Å²) in [7, 11) is -1.54. The maximum atomic E-state index is 6.43. The average Bonchev–Trinajstić information content (AvgIpc) is 2.76. The van der Waals surface area contributed by atoms with Crippen LogP contribution in [0.15, 0.2) is 30.3 Å². The van der Waals surface area contributed by atoms with Crippen LogP contribution in [0, 0.1) is 5.41 Å². The van der Waals surface area contributed by atoms with Gasteiger partial charge in [0.1, 0.15) is 0 Å². The van der Waals surface area contributed by atoms with Crippen molar-refractivity contribution >= 4 is 13.3 Å². The van der Waals surface area contributed by atoms with Gasteiger partial charge in [0.05, 0.1) is 20.3 Å². The van der Waals surface area contributed by atoms with Gasteiger partial charge in [-0.3, -0.25) is 0 Å². The summed E-state index contributed by atoms with van der Waals surface area (Å²) in [6.45, 7) is 12.4. The molecule has 2 fully saturated rings. The van der Waals surface area contributed by atoms with Crippen molar-refractivity contribution < 1.29 is 9.47 Å². The van der Waals surface area contributed by atoms with Crippen molar-refractivity contribution in [2.75, 3.05) is 6.61 Å². The van der Waals surface area contributed by atoms with E-state index in [9.17, 15) is 0 Å². The molecule has 110 valence electrons. The Morgan fingerprint density at radius 2 is 1.75 bits per heavy atom. The zero-order chi connectivity index (χ0) is 14.6. The third-order valence-electron chi connectivity index (χ3n) is 5.30. The quantitative estimate of drug-likeness (QED) is 0.793. The molecule has 2 bridgehead atoms. The molecule has 0 spiro atoms. The SMILES string of the molecule is CC1(C)C[C@]2(C)OC[C@@]1(C[Si](C)(C)c1ccccc1)O2. The topological polar surface area (TPSA) is 18.5 Å². The first kappa shape index (κ1) is 14.3. The molecule has 0 saturated carbocycles. The number of fused-ring (bicyclic) bond motifs is 2. The molecule has 3 rings (SSSR count). The summed E-state index contributed by atoms with van der Waals surface area (Å²) in [5.41, 5.74) is 0.0896. The van der Waals surface area contributed by atoms with Gasteiger partial charge in [-0.25, -0.2) is 0 Å². The lowest BCUT2D eigenvalue weighted by Gasteiger charge is -2.43. The molecule has 2 nitrogen and oxygen atoms in total. The number of hydrogen-bond donors (Lipinski definition) is 0. The first-order chi connectivity index (χ1) is 9.18. The Kier molecular flexibility index (Phi) is 2.99. The van der Waals surface area contributed by atoms with Crippen LogP contribution in [0.25, 0.3) is 0 Å². The van der Waals surface area contributed by atoms with Crippen LogP contribution in [0.4, 0.5) is 0 Å². The standard InChI is InChI=1S/C17H26O2Si/c1-15(2)11-16(3)18-12-17(15,19-16)13-20(4,5)14-9-7-6-8-10-14/h6-10H,11-13H2,1-5H3/t16-,17+/m1/s1. The van der Waals surface area contributed by atoms with E-state index in [-0.39, 0.29) is 16.8 Å². The first-order valence-corrected chi connectivity index (χ1v) is 10.8. The maximum absolute atomic E-state index is 6.43. The van der Waals surface area contributed by atoms with Gasteiger partial charge >= 0.3 is 0 Å². The van der Waals surface area contributed by atoms with Gasteiger partial charge in [-0.15, -0.1) is 0 Å². The molecule has 2 atom stereocenters. The zero-order valence-electron chi connectivity index (χ0n) is 13.3. The Balaban J connectivity index is 1.91. The van der Waals surface area contributed by atoms with Gasteiger partial charge in [-0.05, 0) is 13.0 Å². The number of hydrogen-bond acceptors (Lipinski definition) is 2. The van der Waals surface area contributed by atoms with Crippen LogP contribution in [-0.2, 0) is 9.47 Å². The number of ether oxygens (including phenoxy) is 2. The normalized spacial score (nSPS) is 35.5. The third kappa shape index (κ3) is 2.07. The Hall–Kier alpha value is -0.643. The summed E-state index contributed by atoms with van der Waals surface area (Å²) >= 11 is 0. The predicted molar refractivity (Wildman–Crippen MR) is 84.9 cm³/mol. The molecule has 2 aliphatic heterocycles. The molecule has 0 unspecified atom stereocenters.